The molecular formula is C54H109N3O3. The van der Waals surface area contributed by atoms with Crippen LogP contribution in [0.25, 0.3) is 0 Å². The Labute approximate surface area is 376 Å². The Kier molecular flexibility index (Phi) is 48.0. The van der Waals surface area contributed by atoms with Crippen LogP contribution in [0.15, 0.2) is 0 Å². The van der Waals surface area contributed by atoms with Crippen LogP contribution in [-0.2, 0) is 9.59 Å². The number of nitrogens with zero attached hydrogens (tertiary/aromatic N) is 1. The third kappa shape index (κ3) is 43.5. The van der Waals surface area contributed by atoms with Crippen LogP contribution in [0.3, 0.4) is 0 Å². The fourth-order valence-corrected chi connectivity index (χ4v) is 8.95. The first-order valence-electron chi connectivity index (χ1n) is 27.4. The lowest BCUT2D eigenvalue weighted by Crippen LogP contribution is -2.34. The van der Waals surface area contributed by atoms with E-state index in [0.717, 1.165) is 83.8 Å². The smallest absolute Gasteiger partial charge is 0.220 e. The number of amides is 2. The molecule has 0 spiro atoms. The minimum absolute atomic E-state index is 0.279. The Bertz CT molecular complexity index is 773. The fraction of sp³-hybridized carbons (Fsp3) is 0.963. The lowest BCUT2D eigenvalue weighted by molar-refractivity contribution is -0.122. The van der Waals surface area contributed by atoms with Crippen LogP contribution in [0.2, 0.25) is 0 Å². The maximum absolute atomic E-state index is 12.9. The fourth-order valence-electron chi connectivity index (χ4n) is 8.95. The molecule has 6 nitrogen and oxygen atoms in total. The van der Waals surface area contributed by atoms with Crippen LogP contribution in [0.1, 0.15) is 297 Å². The van der Waals surface area contributed by atoms with E-state index < -0.39 is 0 Å². The van der Waals surface area contributed by atoms with Gasteiger partial charge in [0, 0.05) is 31.5 Å². The summed E-state index contributed by atoms with van der Waals surface area (Å²) in [5.74, 6) is 0.558. The van der Waals surface area contributed by atoms with Gasteiger partial charge in [-0.2, -0.15) is 0 Å². The number of aliphatic hydroxyl groups is 1. The quantitative estimate of drug-likeness (QED) is 0.0533. The molecule has 3 N–H and O–H groups in total. The number of nitrogens with one attached hydrogen (secondary N) is 2. The summed E-state index contributed by atoms with van der Waals surface area (Å²) in [6.07, 6.45) is 51.2. The lowest BCUT2D eigenvalue weighted by atomic mass is 9.99. The van der Waals surface area contributed by atoms with E-state index in [2.05, 4.69) is 43.2 Å². The molecule has 358 valence electrons. The van der Waals surface area contributed by atoms with Gasteiger partial charge in [0.25, 0.3) is 0 Å². The lowest BCUT2D eigenvalue weighted by Gasteiger charge is -2.22. The van der Waals surface area contributed by atoms with Crippen molar-refractivity contribution in [1.29, 1.82) is 0 Å². The normalized spacial score (nSPS) is 11.7. The van der Waals surface area contributed by atoms with E-state index in [-0.39, 0.29) is 18.4 Å². The molecule has 0 aromatic heterocycles. The first-order valence-corrected chi connectivity index (χ1v) is 27.4. The summed E-state index contributed by atoms with van der Waals surface area (Å²) in [6, 6.07) is 0.741. The molecule has 0 unspecified atom stereocenters. The van der Waals surface area contributed by atoms with Crippen molar-refractivity contribution in [2.75, 3.05) is 26.2 Å². The Morgan fingerprint density at radius 1 is 0.350 bits per heavy atom. The number of hydrogen-bond donors (Lipinski definition) is 3. The first-order chi connectivity index (χ1) is 29.5. The minimum Gasteiger partial charge on any atom is -0.396 e. The summed E-state index contributed by atoms with van der Waals surface area (Å²) in [6.45, 7) is 12.8. The molecule has 0 bridgehead atoms. The van der Waals surface area contributed by atoms with Gasteiger partial charge in [-0.25, -0.2) is 0 Å². The van der Waals surface area contributed by atoms with Crippen molar-refractivity contribution in [3.8, 4) is 0 Å². The van der Waals surface area contributed by atoms with Gasteiger partial charge < -0.3 is 20.6 Å². The van der Waals surface area contributed by atoms with E-state index in [9.17, 15) is 14.7 Å². The summed E-state index contributed by atoms with van der Waals surface area (Å²) in [5, 5.41) is 16.3. The molecule has 0 heterocycles. The summed E-state index contributed by atoms with van der Waals surface area (Å²) in [7, 11) is 0. The van der Waals surface area contributed by atoms with Crippen molar-refractivity contribution in [1.82, 2.24) is 15.5 Å². The summed E-state index contributed by atoms with van der Waals surface area (Å²) >= 11 is 0. The summed E-state index contributed by atoms with van der Waals surface area (Å²) < 4.78 is 0. The highest BCUT2D eigenvalue weighted by atomic mass is 16.3. The van der Waals surface area contributed by atoms with Crippen molar-refractivity contribution < 1.29 is 14.7 Å². The topological polar surface area (TPSA) is 81.7 Å². The van der Waals surface area contributed by atoms with Crippen molar-refractivity contribution in [2.45, 2.75) is 309 Å². The molecule has 0 aliphatic heterocycles. The van der Waals surface area contributed by atoms with Gasteiger partial charge in [0.2, 0.25) is 11.8 Å². The van der Waals surface area contributed by atoms with Gasteiger partial charge in [-0.15, -0.1) is 0 Å². The Morgan fingerprint density at radius 3 is 0.900 bits per heavy atom. The van der Waals surface area contributed by atoms with Crippen LogP contribution in [0.4, 0.5) is 0 Å². The molecule has 0 aliphatic rings. The van der Waals surface area contributed by atoms with Crippen LogP contribution in [0, 0.1) is 0 Å². The second-order valence-corrected chi connectivity index (χ2v) is 19.1. The molecule has 0 rings (SSSR count). The third-order valence-electron chi connectivity index (χ3n) is 13.0. The van der Waals surface area contributed by atoms with Gasteiger partial charge >= 0.3 is 0 Å². The molecule has 0 atom stereocenters. The molecule has 6 heteroatoms. The SMILES string of the molecule is CCCCCCCCC(CCCCCCCC)NC(=O)CCCCCCCN(CCCCO)CCCCCCCC(=O)NC(CCCCCCCC)CCCCCCCC. The number of unbranched alkanes of at least 4 members (excludes halogenated alkanes) is 29. The maximum Gasteiger partial charge on any atom is 0.220 e. The van der Waals surface area contributed by atoms with Crippen molar-refractivity contribution in [2.24, 2.45) is 0 Å². The second-order valence-electron chi connectivity index (χ2n) is 19.1. The number of hydrogen-bond acceptors (Lipinski definition) is 4. The van der Waals surface area contributed by atoms with Crippen molar-refractivity contribution in [3.63, 3.8) is 0 Å². The van der Waals surface area contributed by atoms with Crippen molar-refractivity contribution in [3.05, 3.63) is 0 Å². The zero-order valence-corrected chi connectivity index (χ0v) is 41.4. The number of aliphatic hydroxyl groups excluding tert-OH is 1. The van der Waals surface area contributed by atoms with Crippen LogP contribution in [-0.4, -0.2) is 60.1 Å². The zero-order valence-electron chi connectivity index (χ0n) is 41.4. The molecule has 0 aromatic rings. The monoisotopic (exact) mass is 848 g/mol. The van der Waals surface area contributed by atoms with Gasteiger partial charge in [-0.3, -0.25) is 9.59 Å². The molecule has 0 aliphatic carbocycles. The summed E-state index contributed by atoms with van der Waals surface area (Å²) in [4.78, 5) is 28.5. The molecule has 2 amide bonds. The molecule has 0 aromatic carbocycles. The van der Waals surface area contributed by atoms with Gasteiger partial charge in [0.1, 0.15) is 0 Å². The average molecular weight is 848 g/mol. The van der Waals surface area contributed by atoms with Crippen LogP contribution >= 0.6 is 0 Å². The Hall–Kier alpha value is -1.14. The average Bonchev–Trinajstić information content (AvgIpc) is 3.24. The van der Waals surface area contributed by atoms with Gasteiger partial charge in [0.05, 0.1) is 0 Å². The highest BCUT2D eigenvalue weighted by molar-refractivity contribution is 5.76. The van der Waals surface area contributed by atoms with Crippen molar-refractivity contribution >= 4 is 11.8 Å². The minimum atomic E-state index is 0.279. The zero-order chi connectivity index (χ0) is 43.8. The molecule has 0 fully saturated rings. The van der Waals surface area contributed by atoms with Gasteiger partial charge in [-0.1, -0.05) is 220 Å². The maximum atomic E-state index is 12.9. The van der Waals surface area contributed by atoms with E-state index in [4.69, 9.17) is 0 Å². The Morgan fingerprint density at radius 2 is 0.600 bits per heavy atom. The highest BCUT2D eigenvalue weighted by Crippen LogP contribution is 2.18. The Balaban J connectivity index is 4.36. The highest BCUT2D eigenvalue weighted by Gasteiger charge is 2.14. The second kappa shape index (κ2) is 48.9. The van der Waals surface area contributed by atoms with Gasteiger partial charge in [0.15, 0.2) is 0 Å². The molecule has 0 radical (unpaired) electrons. The molecular weight excluding hydrogens is 739 g/mol. The van der Waals surface area contributed by atoms with Crippen LogP contribution < -0.4 is 10.6 Å². The largest absolute Gasteiger partial charge is 0.396 e. The predicted molar refractivity (Wildman–Crippen MR) is 264 cm³/mol. The number of carbonyl (C=O) groups excluding carboxylic acids is 2. The molecule has 60 heavy (non-hydrogen) atoms. The predicted octanol–water partition coefficient (Wildman–Crippen LogP) is 15.7. The van der Waals surface area contributed by atoms with Gasteiger partial charge in [-0.05, 0) is 83.8 Å². The van der Waals surface area contributed by atoms with E-state index in [1.54, 1.807) is 0 Å². The molecule has 0 saturated heterocycles. The van der Waals surface area contributed by atoms with E-state index >= 15 is 0 Å². The number of carbonyl (C=O) groups is 2. The molecule has 0 saturated carbocycles. The first kappa shape index (κ1) is 58.9. The van der Waals surface area contributed by atoms with E-state index in [1.807, 2.05) is 0 Å². The number of rotatable bonds is 50. The summed E-state index contributed by atoms with van der Waals surface area (Å²) in [5.41, 5.74) is 0. The third-order valence-corrected chi connectivity index (χ3v) is 13.0. The van der Waals surface area contributed by atoms with Crippen LogP contribution in [0.5, 0.6) is 0 Å². The van der Waals surface area contributed by atoms with E-state index in [0.29, 0.717) is 24.9 Å². The van der Waals surface area contributed by atoms with E-state index in [1.165, 1.54) is 193 Å². The standard InChI is InChI=1S/C54H109N3O3/c1-5-9-13-17-23-31-41-51(42-32-24-18-14-10-6-2)55-53(59)45-35-27-21-29-37-47-57(49-39-40-50-58)48-38-30-22-28-36-46-54(60)56-52(43-33-25-19-15-11-7-3)44-34-26-20-16-12-8-4/h51-52,58H,5-50H2,1-4H3,(H,55,59)(H,56,60).